The van der Waals surface area contributed by atoms with Gasteiger partial charge in [-0.3, -0.25) is 4.98 Å². The number of fused-ring (bicyclic) bond motifs is 1. The number of hydrogen-bond donors (Lipinski definition) is 1. The summed E-state index contributed by atoms with van der Waals surface area (Å²) < 4.78 is 5.32. The van der Waals surface area contributed by atoms with Crippen molar-refractivity contribution in [2.75, 3.05) is 7.11 Å². The molecule has 0 radical (unpaired) electrons. The smallest absolute Gasteiger partial charge is 0.123 e. The van der Waals surface area contributed by atoms with Gasteiger partial charge in [0, 0.05) is 29.9 Å². The van der Waals surface area contributed by atoms with E-state index in [1.165, 1.54) is 10.9 Å². The second-order valence-corrected chi connectivity index (χ2v) is 4.63. The van der Waals surface area contributed by atoms with Crippen LogP contribution in [-0.4, -0.2) is 12.1 Å². The quantitative estimate of drug-likeness (QED) is 0.789. The van der Waals surface area contributed by atoms with E-state index in [1.807, 2.05) is 30.6 Å². The first-order chi connectivity index (χ1) is 9.83. The number of hydrogen-bond acceptors (Lipinski definition) is 3. The number of nitrogens with two attached hydrogens (primary N) is 1. The predicted octanol–water partition coefficient (Wildman–Crippen LogP) is 3.37. The van der Waals surface area contributed by atoms with Crippen molar-refractivity contribution in [3.8, 4) is 16.9 Å². The maximum Gasteiger partial charge on any atom is 0.123 e. The van der Waals surface area contributed by atoms with E-state index in [-0.39, 0.29) is 0 Å². The van der Waals surface area contributed by atoms with Crippen molar-refractivity contribution in [2.45, 2.75) is 6.54 Å². The zero-order valence-corrected chi connectivity index (χ0v) is 11.3. The zero-order chi connectivity index (χ0) is 13.9. The highest BCUT2D eigenvalue weighted by molar-refractivity contribution is 5.96. The molecule has 0 aliphatic carbocycles. The third-order valence-corrected chi connectivity index (χ3v) is 3.49. The van der Waals surface area contributed by atoms with Gasteiger partial charge in [-0.15, -0.1) is 0 Å². The third kappa shape index (κ3) is 2.12. The van der Waals surface area contributed by atoms with Crippen LogP contribution in [-0.2, 0) is 6.54 Å². The molecule has 1 aromatic heterocycles. The van der Waals surface area contributed by atoms with Crippen LogP contribution in [0.3, 0.4) is 0 Å². The Kier molecular flexibility index (Phi) is 3.35. The number of methoxy groups -OCH3 is 1. The van der Waals surface area contributed by atoms with Crippen molar-refractivity contribution in [2.24, 2.45) is 5.73 Å². The first-order valence-electron chi connectivity index (χ1n) is 6.53. The van der Waals surface area contributed by atoms with Gasteiger partial charge in [0.15, 0.2) is 0 Å². The van der Waals surface area contributed by atoms with Crippen LogP contribution in [0.2, 0.25) is 0 Å². The molecule has 0 atom stereocenters. The lowest BCUT2D eigenvalue weighted by Gasteiger charge is -2.11. The van der Waals surface area contributed by atoms with Crippen molar-refractivity contribution in [3.63, 3.8) is 0 Å². The molecule has 0 aliphatic heterocycles. The fourth-order valence-corrected chi connectivity index (χ4v) is 2.48. The van der Waals surface area contributed by atoms with Crippen molar-refractivity contribution in [1.29, 1.82) is 0 Å². The van der Waals surface area contributed by atoms with Gasteiger partial charge in [-0.1, -0.05) is 24.3 Å². The molecular weight excluding hydrogens is 248 g/mol. The van der Waals surface area contributed by atoms with Crippen molar-refractivity contribution >= 4 is 10.8 Å². The van der Waals surface area contributed by atoms with E-state index in [1.54, 1.807) is 7.11 Å². The summed E-state index contributed by atoms with van der Waals surface area (Å²) in [7, 11) is 1.66. The van der Waals surface area contributed by atoms with Gasteiger partial charge < -0.3 is 10.5 Å². The third-order valence-electron chi connectivity index (χ3n) is 3.49. The van der Waals surface area contributed by atoms with Gasteiger partial charge >= 0.3 is 0 Å². The Hall–Kier alpha value is -2.39. The Morgan fingerprint density at radius 2 is 2.05 bits per heavy atom. The molecule has 0 unspecified atom stereocenters. The standard InChI is InChI=1S/C17H16N2O/c1-20-17-6-5-12(9-14(17)10-18)15-4-2-3-13-11-19-8-7-16(13)15/h2-9,11H,10,18H2,1H3. The molecule has 20 heavy (non-hydrogen) atoms. The molecule has 0 fully saturated rings. The minimum atomic E-state index is 0.462. The maximum absolute atomic E-state index is 5.80. The van der Waals surface area contributed by atoms with E-state index in [0.717, 1.165) is 22.3 Å². The lowest BCUT2D eigenvalue weighted by Crippen LogP contribution is -2.00. The molecule has 3 rings (SSSR count). The lowest BCUT2D eigenvalue weighted by atomic mass is 9.97. The highest BCUT2D eigenvalue weighted by atomic mass is 16.5. The van der Waals surface area contributed by atoms with Gasteiger partial charge in [0.1, 0.15) is 5.75 Å². The molecule has 2 N–H and O–H groups in total. The number of ether oxygens (including phenoxy) is 1. The normalized spacial score (nSPS) is 10.7. The summed E-state index contributed by atoms with van der Waals surface area (Å²) in [6.45, 7) is 0.462. The Balaban J connectivity index is 2.21. The summed E-state index contributed by atoms with van der Waals surface area (Å²) in [6.07, 6.45) is 3.70. The van der Waals surface area contributed by atoms with Crippen molar-refractivity contribution < 1.29 is 4.74 Å². The summed E-state index contributed by atoms with van der Waals surface area (Å²) in [5.41, 5.74) is 9.13. The molecular formula is C17H16N2O. The van der Waals surface area contributed by atoms with Gasteiger partial charge in [-0.2, -0.15) is 0 Å². The Morgan fingerprint density at radius 3 is 2.85 bits per heavy atom. The van der Waals surface area contributed by atoms with Crippen LogP contribution < -0.4 is 10.5 Å². The average Bonchev–Trinajstić information content (AvgIpc) is 2.53. The fraction of sp³-hybridized carbons (Fsp3) is 0.118. The number of aromatic nitrogens is 1. The fourth-order valence-electron chi connectivity index (χ4n) is 2.48. The number of benzene rings is 2. The molecule has 0 saturated carbocycles. The molecule has 0 saturated heterocycles. The summed E-state index contributed by atoms with van der Waals surface area (Å²) in [5, 5.41) is 2.32. The molecule has 1 heterocycles. The van der Waals surface area contributed by atoms with Crippen LogP contribution in [0.4, 0.5) is 0 Å². The number of rotatable bonds is 3. The van der Waals surface area contributed by atoms with Crippen molar-refractivity contribution in [1.82, 2.24) is 4.98 Å². The SMILES string of the molecule is COc1ccc(-c2cccc3cnccc23)cc1CN. The Labute approximate surface area is 118 Å². The van der Waals surface area contributed by atoms with E-state index >= 15 is 0 Å². The summed E-state index contributed by atoms with van der Waals surface area (Å²) in [6, 6.07) is 14.4. The lowest BCUT2D eigenvalue weighted by molar-refractivity contribution is 0.410. The van der Waals surface area contributed by atoms with Gasteiger partial charge in [0.2, 0.25) is 0 Å². The maximum atomic E-state index is 5.80. The van der Waals surface area contributed by atoms with Crippen LogP contribution in [0, 0.1) is 0 Å². The topological polar surface area (TPSA) is 48.1 Å². The highest BCUT2D eigenvalue weighted by Gasteiger charge is 2.07. The molecule has 3 nitrogen and oxygen atoms in total. The molecule has 0 spiro atoms. The predicted molar refractivity (Wildman–Crippen MR) is 81.6 cm³/mol. The highest BCUT2D eigenvalue weighted by Crippen LogP contribution is 2.31. The summed E-state index contributed by atoms with van der Waals surface area (Å²) >= 11 is 0. The second kappa shape index (κ2) is 5.31. The molecule has 3 aromatic rings. The molecule has 0 bridgehead atoms. The van der Waals surface area contributed by atoms with Gasteiger partial charge in [-0.25, -0.2) is 0 Å². The van der Waals surface area contributed by atoms with Crippen LogP contribution in [0.1, 0.15) is 5.56 Å². The van der Waals surface area contributed by atoms with E-state index in [9.17, 15) is 0 Å². The summed E-state index contributed by atoms with van der Waals surface area (Å²) in [4.78, 5) is 4.17. The van der Waals surface area contributed by atoms with Crippen molar-refractivity contribution in [3.05, 3.63) is 60.4 Å². The molecule has 100 valence electrons. The Morgan fingerprint density at radius 1 is 1.15 bits per heavy atom. The average molecular weight is 264 g/mol. The van der Waals surface area contributed by atoms with Crippen LogP contribution in [0.25, 0.3) is 21.9 Å². The molecule has 3 heteroatoms. The number of nitrogens with zero attached hydrogens (tertiary/aromatic N) is 1. The zero-order valence-electron chi connectivity index (χ0n) is 11.3. The number of pyridine rings is 1. The van der Waals surface area contributed by atoms with Gasteiger partial charge in [0.25, 0.3) is 0 Å². The van der Waals surface area contributed by atoms with Gasteiger partial charge in [-0.05, 0) is 34.7 Å². The minimum absolute atomic E-state index is 0.462. The van der Waals surface area contributed by atoms with E-state index in [0.29, 0.717) is 6.54 Å². The van der Waals surface area contributed by atoms with Gasteiger partial charge in [0.05, 0.1) is 7.11 Å². The largest absolute Gasteiger partial charge is 0.496 e. The first kappa shape index (κ1) is 12.6. The minimum Gasteiger partial charge on any atom is -0.496 e. The van der Waals surface area contributed by atoms with Crippen LogP contribution in [0.5, 0.6) is 5.75 Å². The van der Waals surface area contributed by atoms with E-state index < -0.39 is 0 Å². The van der Waals surface area contributed by atoms with Crippen LogP contribution >= 0.6 is 0 Å². The van der Waals surface area contributed by atoms with E-state index in [4.69, 9.17) is 10.5 Å². The second-order valence-electron chi connectivity index (χ2n) is 4.63. The van der Waals surface area contributed by atoms with Crippen LogP contribution in [0.15, 0.2) is 54.9 Å². The Bertz CT molecular complexity index is 748. The van der Waals surface area contributed by atoms with E-state index in [2.05, 4.69) is 29.2 Å². The monoisotopic (exact) mass is 264 g/mol. The summed E-state index contributed by atoms with van der Waals surface area (Å²) in [5.74, 6) is 0.832. The molecule has 0 aliphatic rings. The molecule has 0 amide bonds. The molecule has 2 aromatic carbocycles. The first-order valence-corrected chi connectivity index (χ1v) is 6.53.